The summed E-state index contributed by atoms with van der Waals surface area (Å²) in [6, 6.07) is 3.67. The topological polar surface area (TPSA) is 42.2 Å². The van der Waals surface area contributed by atoms with Gasteiger partial charge in [0, 0.05) is 24.8 Å². The van der Waals surface area contributed by atoms with E-state index in [-0.39, 0.29) is 11.3 Å². The molecule has 1 amide bonds. The Morgan fingerprint density at radius 3 is 3.07 bits per heavy atom. The van der Waals surface area contributed by atoms with Gasteiger partial charge in [0.2, 0.25) is 5.91 Å². The number of halogens is 1. The number of alkyl halides is 1. The second kappa shape index (κ2) is 5.70. The van der Waals surface area contributed by atoms with Gasteiger partial charge in [-0.1, -0.05) is 0 Å². The second-order valence-corrected chi connectivity index (χ2v) is 3.91. The van der Waals surface area contributed by atoms with Gasteiger partial charge in [0.1, 0.15) is 5.76 Å². The summed E-state index contributed by atoms with van der Waals surface area (Å²) in [4.78, 5) is 11.2. The highest BCUT2D eigenvalue weighted by atomic mass is 35.5. The molecule has 0 saturated carbocycles. The van der Waals surface area contributed by atoms with Crippen molar-refractivity contribution in [3.05, 3.63) is 24.2 Å². The fourth-order valence-electron chi connectivity index (χ4n) is 1.03. The van der Waals surface area contributed by atoms with Gasteiger partial charge in [0.15, 0.2) is 0 Å². The van der Waals surface area contributed by atoms with Crippen molar-refractivity contribution in [1.82, 2.24) is 5.32 Å². The molecule has 0 radical (unpaired) electrons. The summed E-state index contributed by atoms with van der Waals surface area (Å²) in [5.41, 5.74) is 0. The molecule has 3 nitrogen and oxygen atoms in total. The van der Waals surface area contributed by atoms with Crippen LogP contribution < -0.4 is 5.32 Å². The number of aryl methyl sites for hydroxylation is 1. The Labute approximate surface area is 88.4 Å². The maximum atomic E-state index is 11.2. The highest BCUT2D eigenvalue weighted by Crippen LogP contribution is 2.03. The number of rotatable bonds is 5. The first kappa shape index (κ1) is 11.1. The zero-order chi connectivity index (χ0) is 10.4. The first-order chi connectivity index (χ1) is 6.68. The van der Waals surface area contributed by atoms with Crippen LogP contribution in [0.2, 0.25) is 0 Å². The molecule has 1 N–H and O–H groups in total. The van der Waals surface area contributed by atoms with Gasteiger partial charge in [-0.2, -0.15) is 0 Å². The summed E-state index contributed by atoms with van der Waals surface area (Å²) in [5.74, 6) is 0.841. The van der Waals surface area contributed by atoms with Crippen molar-refractivity contribution in [2.24, 2.45) is 0 Å². The zero-order valence-electron chi connectivity index (χ0n) is 8.13. The van der Waals surface area contributed by atoms with Crippen LogP contribution in [0.15, 0.2) is 22.8 Å². The van der Waals surface area contributed by atoms with Crippen LogP contribution in [0.1, 0.15) is 19.1 Å². The number of carbonyl (C=O) groups is 1. The fourth-order valence-corrected chi connectivity index (χ4v) is 1.11. The Hall–Kier alpha value is -0.960. The molecule has 0 bridgehead atoms. The summed E-state index contributed by atoms with van der Waals surface area (Å²) in [6.07, 6.45) is 2.68. The Morgan fingerprint density at radius 2 is 2.50 bits per heavy atom. The van der Waals surface area contributed by atoms with Gasteiger partial charge in [0.25, 0.3) is 0 Å². The summed E-state index contributed by atoms with van der Waals surface area (Å²) in [7, 11) is 0. The molecule has 0 saturated heterocycles. The minimum atomic E-state index is -0.0254. The molecule has 1 aromatic heterocycles. The molecule has 0 aromatic carbocycles. The van der Waals surface area contributed by atoms with Gasteiger partial charge < -0.3 is 9.73 Å². The van der Waals surface area contributed by atoms with E-state index >= 15 is 0 Å². The van der Waals surface area contributed by atoms with Gasteiger partial charge in [-0.25, -0.2) is 0 Å². The van der Waals surface area contributed by atoms with Gasteiger partial charge in [-0.05, 0) is 19.1 Å². The van der Waals surface area contributed by atoms with E-state index in [1.54, 1.807) is 6.26 Å². The van der Waals surface area contributed by atoms with E-state index in [1.165, 1.54) is 0 Å². The smallest absolute Gasteiger partial charge is 0.220 e. The number of furan rings is 1. The Balaban J connectivity index is 2.15. The third-order valence-corrected chi connectivity index (χ3v) is 1.91. The highest BCUT2D eigenvalue weighted by Gasteiger charge is 2.04. The van der Waals surface area contributed by atoms with Crippen molar-refractivity contribution in [2.75, 3.05) is 6.54 Å². The highest BCUT2D eigenvalue weighted by molar-refractivity contribution is 6.20. The SMILES string of the molecule is CC(Cl)CNC(=O)CCc1ccco1. The third kappa shape index (κ3) is 4.33. The Kier molecular flexibility index (Phi) is 4.53. The van der Waals surface area contributed by atoms with Gasteiger partial charge in [-0.15, -0.1) is 11.6 Å². The number of carbonyl (C=O) groups excluding carboxylic acids is 1. The second-order valence-electron chi connectivity index (χ2n) is 3.16. The van der Waals surface area contributed by atoms with Crippen LogP contribution in [-0.2, 0) is 11.2 Å². The van der Waals surface area contributed by atoms with Crippen molar-refractivity contribution in [2.45, 2.75) is 25.1 Å². The molecular weight excluding hydrogens is 202 g/mol. The predicted octanol–water partition coefficient (Wildman–Crippen LogP) is 1.96. The lowest BCUT2D eigenvalue weighted by atomic mass is 10.2. The van der Waals surface area contributed by atoms with Crippen LogP contribution in [0.4, 0.5) is 0 Å². The third-order valence-electron chi connectivity index (χ3n) is 1.76. The Bertz CT molecular complexity index is 270. The molecule has 1 unspecified atom stereocenters. The first-order valence-electron chi connectivity index (χ1n) is 4.61. The summed E-state index contributed by atoms with van der Waals surface area (Å²) < 4.78 is 5.10. The van der Waals surface area contributed by atoms with Gasteiger partial charge >= 0.3 is 0 Å². The molecule has 4 heteroatoms. The zero-order valence-corrected chi connectivity index (χ0v) is 8.88. The molecule has 1 heterocycles. The molecule has 0 aliphatic rings. The van der Waals surface area contributed by atoms with Gasteiger partial charge in [0.05, 0.1) is 6.26 Å². The minimum Gasteiger partial charge on any atom is -0.469 e. The monoisotopic (exact) mass is 215 g/mol. The van der Waals surface area contributed by atoms with Crippen molar-refractivity contribution in [1.29, 1.82) is 0 Å². The van der Waals surface area contributed by atoms with E-state index < -0.39 is 0 Å². The summed E-state index contributed by atoms with van der Waals surface area (Å²) in [5, 5.41) is 2.71. The molecule has 1 rings (SSSR count). The molecule has 0 spiro atoms. The standard InChI is InChI=1S/C10H14ClNO2/c1-8(11)7-12-10(13)5-4-9-3-2-6-14-9/h2-3,6,8H,4-5,7H2,1H3,(H,12,13). The van der Waals surface area contributed by atoms with Crippen molar-refractivity contribution in [3.63, 3.8) is 0 Å². The lowest BCUT2D eigenvalue weighted by Crippen LogP contribution is -2.28. The van der Waals surface area contributed by atoms with Crippen molar-refractivity contribution < 1.29 is 9.21 Å². The normalized spacial score (nSPS) is 12.4. The van der Waals surface area contributed by atoms with E-state index in [1.807, 2.05) is 19.1 Å². The van der Waals surface area contributed by atoms with Crippen LogP contribution in [-0.4, -0.2) is 17.8 Å². The number of hydrogen-bond acceptors (Lipinski definition) is 2. The molecule has 0 fully saturated rings. The summed E-state index contributed by atoms with van der Waals surface area (Å²) in [6.45, 7) is 2.35. The lowest BCUT2D eigenvalue weighted by Gasteiger charge is -2.05. The average molecular weight is 216 g/mol. The fraction of sp³-hybridized carbons (Fsp3) is 0.500. The maximum absolute atomic E-state index is 11.2. The Morgan fingerprint density at radius 1 is 1.71 bits per heavy atom. The van der Waals surface area contributed by atoms with Crippen molar-refractivity contribution >= 4 is 17.5 Å². The molecular formula is C10H14ClNO2. The van der Waals surface area contributed by atoms with Gasteiger partial charge in [-0.3, -0.25) is 4.79 Å². The summed E-state index contributed by atoms with van der Waals surface area (Å²) >= 11 is 5.69. The van der Waals surface area contributed by atoms with Crippen LogP contribution in [0, 0.1) is 0 Å². The number of nitrogens with one attached hydrogen (secondary N) is 1. The van der Waals surface area contributed by atoms with E-state index in [9.17, 15) is 4.79 Å². The van der Waals surface area contributed by atoms with E-state index in [0.717, 1.165) is 5.76 Å². The molecule has 1 atom stereocenters. The minimum absolute atomic E-state index is 0.00824. The van der Waals surface area contributed by atoms with E-state index in [0.29, 0.717) is 19.4 Å². The molecule has 14 heavy (non-hydrogen) atoms. The largest absolute Gasteiger partial charge is 0.469 e. The lowest BCUT2D eigenvalue weighted by molar-refractivity contribution is -0.121. The van der Waals surface area contributed by atoms with Crippen LogP contribution in [0.3, 0.4) is 0 Å². The predicted molar refractivity (Wildman–Crippen MR) is 55.4 cm³/mol. The maximum Gasteiger partial charge on any atom is 0.220 e. The molecule has 78 valence electrons. The average Bonchev–Trinajstić information content (AvgIpc) is 2.63. The van der Waals surface area contributed by atoms with Crippen LogP contribution in [0.5, 0.6) is 0 Å². The number of hydrogen-bond donors (Lipinski definition) is 1. The molecule has 0 aliphatic carbocycles. The number of amides is 1. The molecule has 1 aromatic rings. The van der Waals surface area contributed by atoms with Crippen LogP contribution in [0.25, 0.3) is 0 Å². The van der Waals surface area contributed by atoms with E-state index in [2.05, 4.69) is 5.32 Å². The van der Waals surface area contributed by atoms with Crippen molar-refractivity contribution in [3.8, 4) is 0 Å². The first-order valence-corrected chi connectivity index (χ1v) is 5.05. The quantitative estimate of drug-likeness (QED) is 0.763. The molecule has 0 aliphatic heterocycles. The van der Waals surface area contributed by atoms with E-state index in [4.69, 9.17) is 16.0 Å². The van der Waals surface area contributed by atoms with Crippen LogP contribution >= 0.6 is 11.6 Å².